The summed E-state index contributed by atoms with van der Waals surface area (Å²) in [5.41, 5.74) is 0.674. The van der Waals surface area contributed by atoms with E-state index < -0.39 is 5.60 Å². The molecule has 1 aliphatic rings. The van der Waals surface area contributed by atoms with Crippen LogP contribution in [-0.4, -0.2) is 35.7 Å². The van der Waals surface area contributed by atoms with E-state index in [-0.39, 0.29) is 23.8 Å². The summed E-state index contributed by atoms with van der Waals surface area (Å²) in [5.74, 6) is -0.730. The van der Waals surface area contributed by atoms with Crippen molar-refractivity contribution in [2.45, 2.75) is 38.8 Å². The van der Waals surface area contributed by atoms with Crippen molar-refractivity contribution < 1.29 is 18.3 Å². The molecule has 0 bridgehead atoms. The summed E-state index contributed by atoms with van der Waals surface area (Å²) >= 11 is 0. The Balaban J connectivity index is 1.87. The second-order valence-electron chi connectivity index (χ2n) is 7.70. The molecule has 1 saturated heterocycles. The molecule has 0 saturated carbocycles. The number of carbonyl (C=O) groups is 1. The number of benzene rings is 2. The molecule has 1 amide bonds. The minimum atomic E-state index is -0.569. The van der Waals surface area contributed by atoms with Crippen molar-refractivity contribution in [3.63, 3.8) is 0 Å². The van der Waals surface area contributed by atoms with Gasteiger partial charge in [-0.2, -0.15) is 0 Å². The van der Waals surface area contributed by atoms with Crippen LogP contribution in [0.1, 0.15) is 27.2 Å². The Labute approximate surface area is 158 Å². The Morgan fingerprint density at radius 2 is 1.63 bits per heavy atom. The molecular formula is C21H24F2N2O2. The van der Waals surface area contributed by atoms with Crippen molar-refractivity contribution in [2.75, 3.05) is 18.0 Å². The highest BCUT2D eigenvalue weighted by atomic mass is 19.1. The van der Waals surface area contributed by atoms with E-state index in [0.717, 1.165) is 0 Å². The normalized spacial score (nSPS) is 17.1. The summed E-state index contributed by atoms with van der Waals surface area (Å²) in [6.07, 6.45) is 0.301. The van der Waals surface area contributed by atoms with Gasteiger partial charge in [0.2, 0.25) is 0 Å². The zero-order valence-corrected chi connectivity index (χ0v) is 15.8. The van der Waals surface area contributed by atoms with Gasteiger partial charge in [0.15, 0.2) is 0 Å². The maximum Gasteiger partial charge on any atom is 0.410 e. The summed E-state index contributed by atoms with van der Waals surface area (Å²) in [6.45, 7) is 6.42. The van der Waals surface area contributed by atoms with E-state index in [4.69, 9.17) is 4.74 Å². The predicted molar refractivity (Wildman–Crippen MR) is 101 cm³/mol. The van der Waals surface area contributed by atoms with Crippen LogP contribution in [0, 0.1) is 11.6 Å². The van der Waals surface area contributed by atoms with Crippen molar-refractivity contribution in [3.05, 3.63) is 60.2 Å². The van der Waals surface area contributed by atoms with Gasteiger partial charge in [0.05, 0.1) is 6.04 Å². The number of halogens is 2. The summed E-state index contributed by atoms with van der Waals surface area (Å²) in [7, 11) is 0. The van der Waals surface area contributed by atoms with Gasteiger partial charge in [0.1, 0.15) is 17.2 Å². The molecule has 0 spiro atoms. The molecule has 2 aromatic carbocycles. The van der Waals surface area contributed by atoms with Crippen LogP contribution in [0.3, 0.4) is 0 Å². The van der Waals surface area contributed by atoms with Gasteiger partial charge < -0.3 is 14.5 Å². The first-order valence-corrected chi connectivity index (χ1v) is 9.01. The smallest absolute Gasteiger partial charge is 0.410 e. The largest absolute Gasteiger partial charge is 0.444 e. The quantitative estimate of drug-likeness (QED) is 0.748. The number of hydrogen-bond donors (Lipinski definition) is 0. The maximum absolute atomic E-state index is 13.8. The second-order valence-corrected chi connectivity index (χ2v) is 7.70. The van der Waals surface area contributed by atoms with Crippen LogP contribution in [0.15, 0.2) is 48.5 Å². The molecule has 1 unspecified atom stereocenters. The predicted octanol–water partition coefficient (Wildman–Crippen LogP) is 5.11. The Morgan fingerprint density at radius 1 is 1.07 bits per heavy atom. The Hall–Kier alpha value is -2.63. The molecule has 3 rings (SSSR count). The van der Waals surface area contributed by atoms with Crippen LogP contribution in [-0.2, 0) is 4.74 Å². The molecule has 1 heterocycles. The van der Waals surface area contributed by atoms with Gasteiger partial charge in [-0.15, -0.1) is 0 Å². The van der Waals surface area contributed by atoms with Crippen molar-refractivity contribution >= 4 is 17.5 Å². The van der Waals surface area contributed by atoms with E-state index >= 15 is 0 Å². The van der Waals surface area contributed by atoms with Gasteiger partial charge in [0.25, 0.3) is 0 Å². The van der Waals surface area contributed by atoms with Gasteiger partial charge in [-0.3, -0.25) is 0 Å². The van der Waals surface area contributed by atoms with Crippen LogP contribution in [0.25, 0.3) is 0 Å². The average molecular weight is 374 g/mol. The van der Waals surface area contributed by atoms with Crippen molar-refractivity contribution in [2.24, 2.45) is 0 Å². The highest BCUT2D eigenvalue weighted by Crippen LogP contribution is 2.32. The molecule has 0 radical (unpaired) electrons. The van der Waals surface area contributed by atoms with E-state index in [0.29, 0.717) is 30.9 Å². The van der Waals surface area contributed by atoms with Crippen molar-refractivity contribution in [3.8, 4) is 0 Å². The van der Waals surface area contributed by atoms with Crippen molar-refractivity contribution in [1.82, 2.24) is 4.90 Å². The van der Waals surface area contributed by atoms with Gasteiger partial charge in [-0.1, -0.05) is 12.1 Å². The number of nitrogens with zero attached hydrogens (tertiary/aromatic N) is 2. The number of amides is 1. The SMILES string of the molecule is CC(C)(C)OC(=O)N1CCC(N(c2cccc(F)c2)c2cccc(F)c2)C1. The third-order valence-electron chi connectivity index (χ3n) is 4.35. The minimum absolute atomic E-state index is 0.110. The monoisotopic (exact) mass is 374 g/mol. The summed E-state index contributed by atoms with van der Waals surface area (Å²) < 4.78 is 33.1. The first-order chi connectivity index (χ1) is 12.7. The molecule has 144 valence electrons. The van der Waals surface area contributed by atoms with Gasteiger partial charge in [-0.25, -0.2) is 13.6 Å². The Morgan fingerprint density at radius 3 is 2.11 bits per heavy atom. The lowest BCUT2D eigenvalue weighted by atomic mass is 10.1. The standard InChI is InChI=1S/C21H24F2N2O2/c1-21(2,3)27-20(26)24-11-10-19(14-24)25(17-8-4-6-15(22)12-17)18-9-5-7-16(23)13-18/h4-9,12-13,19H,10-11,14H2,1-3H3. The molecule has 1 fully saturated rings. The minimum Gasteiger partial charge on any atom is -0.444 e. The van der Waals surface area contributed by atoms with Crippen LogP contribution in [0.2, 0.25) is 0 Å². The lowest BCUT2D eigenvalue weighted by molar-refractivity contribution is 0.0293. The molecule has 4 nitrogen and oxygen atoms in total. The highest BCUT2D eigenvalue weighted by Gasteiger charge is 2.34. The zero-order chi connectivity index (χ0) is 19.6. The van der Waals surface area contributed by atoms with Gasteiger partial charge in [0, 0.05) is 24.5 Å². The third-order valence-corrected chi connectivity index (χ3v) is 4.35. The molecule has 1 atom stereocenters. The van der Waals surface area contributed by atoms with Crippen LogP contribution >= 0.6 is 0 Å². The first-order valence-electron chi connectivity index (χ1n) is 9.01. The fourth-order valence-corrected chi connectivity index (χ4v) is 3.27. The fraction of sp³-hybridized carbons (Fsp3) is 0.381. The van der Waals surface area contributed by atoms with E-state index in [9.17, 15) is 13.6 Å². The number of carbonyl (C=O) groups excluding carboxylic acids is 1. The molecule has 1 aliphatic heterocycles. The molecular weight excluding hydrogens is 350 g/mol. The van der Waals surface area contributed by atoms with Crippen LogP contribution < -0.4 is 4.90 Å². The molecule has 2 aromatic rings. The Kier molecular flexibility index (Phi) is 5.35. The Bertz CT molecular complexity index is 774. The zero-order valence-electron chi connectivity index (χ0n) is 15.8. The van der Waals surface area contributed by atoms with E-state index in [1.54, 1.807) is 29.2 Å². The van der Waals surface area contributed by atoms with E-state index in [1.165, 1.54) is 24.3 Å². The number of hydrogen-bond acceptors (Lipinski definition) is 3. The summed E-state index contributed by atoms with van der Waals surface area (Å²) in [6, 6.07) is 12.3. The van der Waals surface area contributed by atoms with E-state index in [2.05, 4.69) is 0 Å². The van der Waals surface area contributed by atoms with Crippen molar-refractivity contribution in [1.29, 1.82) is 0 Å². The number of likely N-dealkylation sites (tertiary alicyclic amines) is 1. The van der Waals surface area contributed by atoms with E-state index in [1.807, 2.05) is 25.7 Å². The topological polar surface area (TPSA) is 32.8 Å². The lowest BCUT2D eigenvalue weighted by Crippen LogP contribution is -2.39. The molecule has 0 aromatic heterocycles. The number of anilines is 2. The fourth-order valence-electron chi connectivity index (χ4n) is 3.27. The second kappa shape index (κ2) is 7.55. The summed E-state index contributed by atoms with van der Waals surface area (Å²) in [5, 5.41) is 0. The number of rotatable bonds is 3. The average Bonchev–Trinajstić information content (AvgIpc) is 3.03. The maximum atomic E-state index is 13.8. The summed E-state index contributed by atoms with van der Waals surface area (Å²) in [4.78, 5) is 15.9. The van der Waals surface area contributed by atoms with Crippen LogP contribution in [0.5, 0.6) is 0 Å². The molecule has 0 aliphatic carbocycles. The first kappa shape index (κ1) is 19.1. The highest BCUT2D eigenvalue weighted by molar-refractivity contribution is 5.70. The lowest BCUT2D eigenvalue weighted by Gasteiger charge is -2.31. The van der Waals surface area contributed by atoms with Gasteiger partial charge in [-0.05, 0) is 63.6 Å². The van der Waals surface area contributed by atoms with Gasteiger partial charge >= 0.3 is 6.09 Å². The number of ether oxygens (including phenoxy) is 1. The molecule has 0 N–H and O–H groups in total. The third kappa shape index (κ3) is 4.76. The molecule has 27 heavy (non-hydrogen) atoms. The van der Waals surface area contributed by atoms with Crippen LogP contribution in [0.4, 0.5) is 25.0 Å². The molecule has 6 heteroatoms.